The fourth-order valence-corrected chi connectivity index (χ4v) is 10.1. The minimum atomic E-state index is 0.934. The Morgan fingerprint density at radius 3 is 1.59 bits per heavy atom. The van der Waals surface area contributed by atoms with Crippen LogP contribution in [0, 0.1) is 0 Å². The quantitative estimate of drug-likeness (QED) is 0.167. The summed E-state index contributed by atoms with van der Waals surface area (Å²) >= 11 is 1.88. The van der Waals surface area contributed by atoms with E-state index in [0.717, 1.165) is 21.9 Å². The van der Waals surface area contributed by atoms with E-state index < -0.39 is 0 Å². The number of hydrogen-bond donors (Lipinski definition) is 0. The van der Waals surface area contributed by atoms with E-state index in [1.54, 1.807) is 0 Å². The molecular weight excluding hydrogens is 673 g/mol. The van der Waals surface area contributed by atoms with Gasteiger partial charge in [0.1, 0.15) is 11.2 Å². The molecule has 250 valence electrons. The molecule has 0 aliphatic carbocycles. The molecule has 2 aromatic heterocycles. The van der Waals surface area contributed by atoms with Crippen molar-refractivity contribution in [2.45, 2.75) is 0 Å². The van der Waals surface area contributed by atoms with Crippen LogP contribution < -0.4 is 0 Å². The Labute approximate surface area is 314 Å². The largest absolute Gasteiger partial charge is 0.455 e. The molecule has 0 unspecified atom stereocenters. The molecule has 0 amide bonds. The lowest BCUT2D eigenvalue weighted by molar-refractivity contribution is 0.672. The van der Waals surface area contributed by atoms with E-state index in [9.17, 15) is 0 Å². The predicted octanol–water partition coefficient (Wildman–Crippen LogP) is 15.6. The highest BCUT2D eigenvalue weighted by molar-refractivity contribution is 7.26. The minimum Gasteiger partial charge on any atom is -0.455 e. The van der Waals surface area contributed by atoms with Gasteiger partial charge in [-0.15, -0.1) is 11.3 Å². The van der Waals surface area contributed by atoms with Crippen LogP contribution in [-0.4, -0.2) is 0 Å². The van der Waals surface area contributed by atoms with Gasteiger partial charge >= 0.3 is 0 Å². The van der Waals surface area contributed by atoms with Gasteiger partial charge in [0, 0.05) is 36.3 Å². The van der Waals surface area contributed by atoms with Crippen LogP contribution in [0.3, 0.4) is 0 Å². The van der Waals surface area contributed by atoms with Gasteiger partial charge in [-0.1, -0.05) is 140 Å². The van der Waals surface area contributed by atoms with Crippen molar-refractivity contribution < 1.29 is 4.42 Å². The topological polar surface area (TPSA) is 13.1 Å². The van der Waals surface area contributed by atoms with Gasteiger partial charge in [0.25, 0.3) is 0 Å². The van der Waals surface area contributed by atoms with Crippen molar-refractivity contribution in [1.82, 2.24) is 0 Å². The van der Waals surface area contributed by atoms with Crippen molar-refractivity contribution >= 4 is 96.5 Å². The predicted molar refractivity (Wildman–Crippen MR) is 233 cm³/mol. The highest BCUT2D eigenvalue weighted by Gasteiger charge is 2.19. The summed E-state index contributed by atoms with van der Waals surface area (Å²) in [5.41, 5.74) is 9.40. The molecule has 0 bridgehead atoms. The van der Waals surface area contributed by atoms with E-state index >= 15 is 0 Å². The van der Waals surface area contributed by atoms with Crippen LogP contribution in [0.1, 0.15) is 0 Å². The number of para-hydroxylation sites is 1. The molecule has 0 radical (unpaired) electrons. The van der Waals surface area contributed by atoms with E-state index in [-0.39, 0.29) is 0 Å². The Morgan fingerprint density at radius 2 is 0.852 bits per heavy atom. The van der Waals surface area contributed by atoms with Crippen LogP contribution >= 0.6 is 11.3 Å². The number of furan rings is 1. The summed E-state index contributed by atoms with van der Waals surface area (Å²) < 4.78 is 9.04. The van der Waals surface area contributed by atoms with Crippen molar-refractivity contribution in [2.24, 2.45) is 0 Å². The third-order valence-corrected chi connectivity index (χ3v) is 12.5. The van der Waals surface area contributed by atoms with Gasteiger partial charge in [-0.05, 0) is 114 Å². The third kappa shape index (κ3) is 4.32. The highest BCUT2D eigenvalue weighted by atomic mass is 32.1. The Kier molecular flexibility index (Phi) is 6.28. The van der Waals surface area contributed by atoms with Crippen molar-refractivity contribution in [1.29, 1.82) is 0 Å². The molecule has 0 aliphatic heterocycles. The number of hydrogen-bond acceptors (Lipinski definition) is 2. The van der Waals surface area contributed by atoms with Crippen LogP contribution in [0.15, 0.2) is 186 Å². The average Bonchev–Trinajstić information content (AvgIpc) is 3.81. The molecule has 54 heavy (non-hydrogen) atoms. The Morgan fingerprint density at radius 1 is 0.315 bits per heavy atom. The first-order valence-electron chi connectivity index (χ1n) is 18.5. The zero-order chi connectivity index (χ0) is 35.3. The van der Waals surface area contributed by atoms with E-state index in [0.29, 0.717) is 0 Å². The van der Waals surface area contributed by atoms with Gasteiger partial charge in [0.05, 0.1) is 0 Å². The van der Waals surface area contributed by atoms with Crippen LogP contribution in [0.5, 0.6) is 0 Å². The monoisotopic (exact) mass is 702 g/mol. The molecule has 0 fully saturated rings. The van der Waals surface area contributed by atoms with Crippen molar-refractivity contribution in [3.05, 3.63) is 182 Å². The summed E-state index contributed by atoms with van der Waals surface area (Å²) in [7, 11) is 0. The second-order valence-corrected chi connectivity index (χ2v) is 15.5. The van der Waals surface area contributed by atoms with Crippen LogP contribution in [-0.2, 0) is 0 Å². The number of benzene rings is 10. The lowest BCUT2D eigenvalue weighted by Gasteiger charge is -2.18. The Bertz CT molecular complexity index is 3440. The molecule has 12 rings (SSSR count). The van der Waals surface area contributed by atoms with Gasteiger partial charge in [0.15, 0.2) is 0 Å². The lowest BCUT2D eigenvalue weighted by atomic mass is 9.85. The molecule has 12 aromatic rings. The molecule has 0 saturated carbocycles. The third-order valence-electron chi connectivity index (χ3n) is 11.4. The summed E-state index contributed by atoms with van der Waals surface area (Å²) in [4.78, 5) is 0. The lowest BCUT2D eigenvalue weighted by Crippen LogP contribution is -1.91. The molecule has 2 heteroatoms. The molecule has 10 aromatic carbocycles. The Balaban J connectivity index is 1.06. The van der Waals surface area contributed by atoms with Gasteiger partial charge in [-0.3, -0.25) is 0 Å². The van der Waals surface area contributed by atoms with E-state index in [2.05, 4.69) is 176 Å². The molecule has 0 saturated heterocycles. The summed E-state index contributed by atoms with van der Waals surface area (Å²) in [5.74, 6) is 0. The van der Waals surface area contributed by atoms with Gasteiger partial charge in [0.2, 0.25) is 0 Å². The standard InChI is InChI=1S/C52H30OS/c1-2-10-31(11-3-1)33-20-18-32-19-21-34(29-36(32)28-33)49-38-13-4-6-15-40(38)50(41-16-7-5-14-39(41)49)35-22-23-45-48(30-35)54-47-27-26-44-42(51(45)47)24-25-43-37-12-8-9-17-46(37)53-52(43)44/h1-30H. The van der Waals surface area contributed by atoms with Crippen LogP contribution in [0.2, 0.25) is 0 Å². The van der Waals surface area contributed by atoms with Crippen molar-refractivity contribution in [3.8, 4) is 33.4 Å². The smallest absolute Gasteiger partial charge is 0.143 e. The zero-order valence-corrected chi connectivity index (χ0v) is 30.0. The molecule has 0 N–H and O–H groups in total. The van der Waals surface area contributed by atoms with Gasteiger partial charge < -0.3 is 4.42 Å². The molecule has 0 atom stereocenters. The highest BCUT2D eigenvalue weighted by Crippen LogP contribution is 2.47. The van der Waals surface area contributed by atoms with Gasteiger partial charge in [-0.2, -0.15) is 0 Å². The van der Waals surface area contributed by atoms with E-state index in [1.165, 1.54) is 96.6 Å². The van der Waals surface area contributed by atoms with Crippen molar-refractivity contribution in [2.75, 3.05) is 0 Å². The summed E-state index contributed by atoms with van der Waals surface area (Å²) in [6, 6.07) is 66.8. The Hall–Kier alpha value is -6.74. The average molecular weight is 703 g/mol. The molecule has 0 spiro atoms. The van der Waals surface area contributed by atoms with Gasteiger partial charge in [-0.25, -0.2) is 0 Å². The van der Waals surface area contributed by atoms with E-state index in [4.69, 9.17) is 4.42 Å². The number of thiophene rings is 1. The molecular formula is C52H30OS. The number of fused-ring (bicyclic) bond motifs is 12. The SMILES string of the molecule is c1ccc(-c2ccc3ccc(-c4c5ccccc5c(-c5ccc6c(c5)sc5ccc7c(ccc8c9ccccc9oc87)c56)c5ccccc45)cc3c2)cc1. The minimum absolute atomic E-state index is 0.934. The van der Waals surface area contributed by atoms with E-state index in [1.807, 2.05) is 17.4 Å². The first kappa shape index (κ1) is 29.8. The first-order valence-corrected chi connectivity index (χ1v) is 19.3. The van der Waals surface area contributed by atoms with Crippen LogP contribution in [0.4, 0.5) is 0 Å². The zero-order valence-electron chi connectivity index (χ0n) is 29.1. The first-order chi connectivity index (χ1) is 26.8. The fraction of sp³-hybridized carbons (Fsp3) is 0. The maximum Gasteiger partial charge on any atom is 0.143 e. The fourth-order valence-electron chi connectivity index (χ4n) is 8.98. The molecule has 1 nitrogen and oxygen atoms in total. The van der Waals surface area contributed by atoms with Crippen molar-refractivity contribution in [3.63, 3.8) is 0 Å². The van der Waals surface area contributed by atoms with Crippen LogP contribution in [0.25, 0.3) is 119 Å². The maximum absolute atomic E-state index is 6.45. The second kappa shape index (κ2) is 11.4. The second-order valence-electron chi connectivity index (χ2n) is 14.4. The maximum atomic E-state index is 6.45. The normalized spacial score (nSPS) is 12.1. The summed E-state index contributed by atoms with van der Waals surface area (Å²) in [6.07, 6.45) is 0. The molecule has 2 heterocycles. The number of rotatable bonds is 3. The summed E-state index contributed by atoms with van der Waals surface area (Å²) in [5, 5.41) is 14.9. The molecule has 0 aliphatic rings. The summed E-state index contributed by atoms with van der Waals surface area (Å²) in [6.45, 7) is 0.